The Morgan fingerprint density at radius 1 is 1.28 bits per heavy atom. The maximum absolute atomic E-state index is 12.4. The lowest BCUT2D eigenvalue weighted by Crippen LogP contribution is -2.15. The molecule has 0 radical (unpaired) electrons. The molecular formula is C19H23N3O3. The Morgan fingerprint density at radius 2 is 1.96 bits per heavy atom. The number of pyridine rings is 1. The fourth-order valence-corrected chi connectivity index (χ4v) is 2.42. The first-order chi connectivity index (χ1) is 12.0. The Hall–Kier alpha value is -2.89. The summed E-state index contributed by atoms with van der Waals surface area (Å²) in [5.74, 6) is 0.946. The highest BCUT2D eigenvalue weighted by Crippen LogP contribution is 2.26. The number of aliphatic imine (C=N–C) groups is 1. The van der Waals surface area contributed by atoms with Crippen LogP contribution in [-0.2, 0) is 4.74 Å². The summed E-state index contributed by atoms with van der Waals surface area (Å²) in [6, 6.07) is 9.20. The smallest absolute Gasteiger partial charge is 0.338 e. The van der Waals surface area contributed by atoms with Crippen LogP contribution in [0.1, 0.15) is 35.5 Å². The molecule has 6 heteroatoms. The Kier molecular flexibility index (Phi) is 6.11. The van der Waals surface area contributed by atoms with Crippen molar-refractivity contribution >= 4 is 23.2 Å². The summed E-state index contributed by atoms with van der Waals surface area (Å²) in [5.41, 5.74) is 3.34. The van der Waals surface area contributed by atoms with Gasteiger partial charge in [0.25, 0.3) is 0 Å². The maximum atomic E-state index is 12.4. The van der Waals surface area contributed by atoms with Crippen molar-refractivity contribution in [3.05, 3.63) is 47.2 Å². The molecule has 0 aliphatic rings. The van der Waals surface area contributed by atoms with Gasteiger partial charge in [-0.15, -0.1) is 0 Å². The molecule has 0 amide bonds. The van der Waals surface area contributed by atoms with Gasteiger partial charge in [-0.2, -0.15) is 0 Å². The van der Waals surface area contributed by atoms with Gasteiger partial charge >= 0.3 is 5.97 Å². The van der Waals surface area contributed by atoms with E-state index in [-0.39, 0.29) is 5.97 Å². The van der Waals surface area contributed by atoms with Crippen molar-refractivity contribution in [3.63, 3.8) is 0 Å². The van der Waals surface area contributed by atoms with Gasteiger partial charge < -0.3 is 14.8 Å². The molecule has 0 saturated heterocycles. The molecule has 1 aromatic carbocycles. The van der Waals surface area contributed by atoms with Crippen molar-refractivity contribution in [2.24, 2.45) is 4.99 Å². The van der Waals surface area contributed by atoms with E-state index in [4.69, 9.17) is 9.47 Å². The van der Waals surface area contributed by atoms with Crippen LogP contribution in [0.4, 0.5) is 11.5 Å². The van der Waals surface area contributed by atoms with Crippen LogP contribution in [-0.4, -0.2) is 37.4 Å². The second-order valence-corrected chi connectivity index (χ2v) is 5.42. The molecule has 1 N–H and O–H groups in total. The summed E-state index contributed by atoms with van der Waals surface area (Å²) >= 11 is 0. The third-order valence-corrected chi connectivity index (χ3v) is 3.69. The standard InChI is InChI=1S/C19H23N3O3/c1-6-25-19(23)16-11-12(2)21-18(17(16)13(3)20-4)22-14-7-9-15(24-5)10-8-14/h7-11H,6H2,1-5H3,(H,21,22). The fourth-order valence-electron chi connectivity index (χ4n) is 2.42. The second-order valence-electron chi connectivity index (χ2n) is 5.42. The molecule has 132 valence electrons. The summed E-state index contributed by atoms with van der Waals surface area (Å²) in [7, 11) is 3.30. The molecule has 1 aromatic heterocycles. The zero-order chi connectivity index (χ0) is 18.4. The number of carbonyl (C=O) groups is 1. The van der Waals surface area contributed by atoms with Crippen molar-refractivity contribution in [1.29, 1.82) is 0 Å². The van der Waals surface area contributed by atoms with Crippen molar-refractivity contribution < 1.29 is 14.3 Å². The molecule has 1 heterocycles. The normalized spacial score (nSPS) is 11.2. The van der Waals surface area contributed by atoms with Gasteiger partial charge in [0.15, 0.2) is 0 Å². The van der Waals surface area contributed by atoms with E-state index in [1.807, 2.05) is 38.1 Å². The van der Waals surface area contributed by atoms with E-state index in [2.05, 4.69) is 15.3 Å². The van der Waals surface area contributed by atoms with Crippen LogP contribution in [0, 0.1) is 6.92 Å². The van der Waals surface area contributed by atoms with Gasteiger partial charge in [0, 0.05) is 24.1 Å². The molecular weight excluding hydrogens is 318 g/mol. The van der Waals surface area contributed by atoms with Crippen LogP contribution in [0.15, 0.2) is 35.3 Å². The van der Waals surface area contributed by atoms with Gasteiger partial charge in [0.2, 0.25) is 0 Å². The Bertz CT molecular complexity index is 783. The number of nitrogens with one attached hydrogen (secondary N) is 1. The molecule has 0 aliphatic carbocycles. The highest BCUT2D eigenvalue weighted by Gasteiger charge is 2.20. The number of esters is 1. The van der Waals surface area contributed by atoms with E-state index in [9.17, 15) is 4.79 Å². The molecule has 2 aromatic rings. The van der Waals surface area contributed by atoms with E-state index in [1.165, 1.54) is 0 Å². The summed E-state index contributed by atoms with van der Waals surface area (Å²) in [5, 5.41) is 3.26. The minimum Gasteiger partial charge on any atom is -0.497 e. The summed E-state index contributed by atoms with van der Waals surface area (Å²) in [6.45, 7) is 5.77. The van der Waals surface area contributed by atoms with Crippen LogP contribution >= 0.6 is 0 Å². The van der Waals surface area contributed by atoms with Gasteiger partial charge in [0.1, 0.15) is 11.6 Å². The van der Waals surface area contributed by atoms with E-state index in [0.29, 0.717) is 35.0 Å². The minimum absolute atomic E-state index is 0.309. The van der Waals surface area contributed by atoms with Crippen molar-refractivity contribution in [2.45, 2.75) is 20.8 Å². The van der Waals surface area contributed by atoms with Crippen LogP contribution in [0.5, 0.6) is 5.75 Å². The number of rotatable bonds is 6. The molecule has 0 spiro atoms. The number of anilines is 2. The van der Waals surface area contributed by atoms with Gasteiger partial charge in [-0.05, 0) is 51.1 Å². The first-order valence-corrected chi connectivity index (χ1v) is 8.03. The van der Waals surface area contributed by atoms with Crippen molar-refractivity contribution in [3.8, 4) is 5.75 Å². The first-order valence-electron chi connectivity index (χ1n) is 8.03. The van der Waals surface area contributed by atoms with E-state index < -0.39 is 0 Å². The third kappa shape index (κ3) is 4.35. The highest BCUT2D eigenvalue weighted by molar-refractivity contribution is 6.11. The Morgan fingerprint density at radius 3 is 2.52 bits per heavy atom. The van der Waals surface area contributed by atoms with Crippen molar-refractivity contribution in [1.82, 2.24) is 4.98 Å². The van der Waals surface area contributed by atoms with Crippen LogP contribution in [0.3, 0.4) is 0 Å². The summed E-state index contributed by atoms with van der Waals surface area (Å²) in [4.78, 5) is 21.2. The van der Waals surface area contributed by atoms with Gasteiger partial charge in [0.05, 0.1) is 24.8 Å². The third-order valence-electron chi connectivity index (χ3n) is 3.69. The highest BCUT2D eigenvalue weighted by atomic mass is 16.5. The number of methoxy groups -OCH3 is 1. The SMILES string of the molecule is CCOC(=O)c1cc(C)nc(Nc2ccc(OC)cc2)c1C(C)=NC. The first kappa shape index (κ1) is 18.4. The average molecular weight is 341 g/mol. The lowest BCUT2D eigenvalue weighted by atomic mass is 10.0. The monoisotopic (exact) mass is 341 g/mol. The van der Waals surface area contributed by atoms with Gasteiger partial charge in [-0.25, -0.2) is 9.78 Å². The largest absolute Gasteiger partial charge is 0.497 e. The number of benzene rings is 1. The van der Waals surface area contributed by atoms with E-state index in [0.717, 1.165) is 11.4 Å². The van der Waals surface area contributed by atoms with Crippen LogP contribution < -0.4 is 10.1 Å². The number of aryl methyl sites for hydroxylation is 1. The lowest BCUT2D eigenvalue weighted by Gasteiger charge is -2.16. The number of aromatic nitrogens is 1. The zero-order valence-electron chi connectivity index (χ0n) is 15.2. The fraction of sp³-hybridized carbons (Fsp3) is 0.316. The van der Waals surface area contributed by atoms with Crippen molar-refractivity contribution in [2.75, 3.05) is 26.1 Å². The Labute approximate surface area is 147 Å². The zero-order valence-corrected chi connectivity index (χ0v) is 15.2. The minimum atomic E-state index is -0.385. The average Bonchev–Trinajstić information content (AvgIpc) is 2.61. The van der Waals surface area contributed by atoms with Crippen LogP contribution in [0.25, 0.3) is 0 Å². The topological polar surface area (TPSA) is 72.8 Å². The molecule has 0 aliphatic heterocycles. The van der Waals surface area contributed by atoms with Gasteiger partial charge in [-0.3, -0.25) is 4.99 Å². The van der Waals surface area contributed by atoms with Crippen LogP contribution in [0.2, 0.25) is 0 Å². The molecule has 0 saturated carbocycles. The predicted octanol–water partition coefficient (Wildman–Crippen LogP) is 3.76. The predicted molar refractivity (Wildman–Crippen MR) is 99.3 cm³/mol. The number of nitrogens with zero attached hydrogens (tertiary/aromatic N) is 2. The Balaban J connectivity index is 2.52. The number of ether oxygens (including phenoxy) is 2. The lowest BCUT2D eigenvalue weighted by molar-refractivity contribution is 0.0526. The number of hydrogen-bond acceptors (Lipinski definition) is 6. The molecule has 2 rings (SSSR count). The van der Waals surface area contributed by atoms with E-state index >= 15 is 0 Å². The van der Waals surface area contributed by atoms with E-state index in [1.54, 1.807) is 27.1 Å². The molecule has 25 heavy (non-hydrogen) atoms. The van der Waals surface area contributed by atoms with Gasteiger partial charge in [-0.1, -0.05) is 0 Å². The number of hydrogen-bond donors (Lipinski definition) is 1. The molecule has 0 bridgehead atoms. The molecule has 0 atom stereocenters. The quantitative estimate of drug-likeness (QED) is 0.640. The number of carbonyl (C=O) groups excluding carboxylic acids is 1. The summed E-state index contributed by atoms with van der Waals surface area (Å²) < 4.78 is 10.4. The summed E-state index contributed by atoms with van der Waals surface area (Å²) in [6.07, 6.45) is 0. The maximum Gasteiger partial charge on any atom is 0.338 e. The molecule has 0 fully saturated rings. The molecule has 6 nitrogen and oxygen atoms in total. The second kappa shape index (κ2) is 8.28. The molecule has 0 unspecified atom stereocenters.